The molecule has 0 saturated carbocycles. The summed E-state index contributed by atoms with van der Waals surface area (Å²) in [7, 11) is 1.96. The van der Waals surface area contributed by atoms with Crippen LogP contribution in [0, 0.1) is 6.92 Å². The van der Waals surface area contributed by atoms with Crippen molar-refractivity contribution in [3.63, 3.8) is 0 Å². The van der Waals surface area contributed by atoms with Gasteiger partial charge in [-0.3, -0.25) is 4.68 Å². The molecular weight excluding hydrogens is 222 g/mol. The van der Waals surface area contributed by atoms with Crippen LogP contribution < -0.4 is 5.32 Å². The predicted molar refractivity (Wildman–Crippen MR) is 72.3 cm³/mol. The number of hydrogen-bond acceptors (Lipinski definition) is 2. The lowest BCUT2D eigenvalue weighted by atomic mass is 10.1. The molecule has 1 unspecified atom stereocenters. The first-order chi connectivity index (χ1) is 8.72. The van der Waals surface area contributed by atoms with Gasteiger partial charge in [-0.2, -0.15) is 5.10 Å². The van der Waals surface area contributed by atoms with Crippen molar-refractivity contribution in [2.24, 2.45) is 7.05 Å². The third-order valence-corrected chi connectivity index (χ3v) is 3.68. The molecule has 1 aliphatic rings. The van der Waals surface area contributed by atoms with E-state index in [2.05, 4.69) is 41.6 Å². The number of aromatic nitrogens is 2. The van der Waals surface area contributed by atoms with Crippen molar-refractivity contribution in [3.05, 3.63) is 52.8 Å². The molecule has 1 heterocycles. The molecule has 1 atom stereocenters. The molecule has 1 aliphatic carbocycles. The Kier molecular flexibility index (Phi) is 2.92. The number of nitrogens with zero attached hydrogens (tertiary/aromatic N) is 2. The summed E-state index contributed by atoms with van der Waals surface area (Å²) in [6.07, 6.45) is 4.38. The molecule has 1 N–H and O–H groups in total. The molecule has 3 rings (SSSR count). The monoisotopic (exact) mass is 241 g/mol. The minimum absolute atomic E-state index is 0.488. The van der Waals surface area contributed by atoms with Gasteiger partial charge in [0.15, 0.2) is 0 Å². The summed E-state index contributed by atoms with van der Waals surface area (Å²) in [6, 6.07) is 9.35. The predicted octanol–water partition coefficient (Wildman–Crippen LogP) is 2.51. The van der Waals surface area contributed by atoms with Gasteiger partial charge in [-0.05, 0) is 37.0 Å². The minimum Gasteiger partial charge on any atom is -0.304 e. The van der Waals surface area contributed by atoms with Gasteiger partial charge in [0.25, 0.3) is 0 Å². The van der Waals surface area contributed by atoms with Crippen LogP contribution in [0.3, 0.4) is 0 Å². The Labute approximate surface area is 108 Å². The summed E-state index contributed by atoms with van der Waals surface area (Å²) in [6.45, 7) is 3.01. The second-order valence-corrected chi connectivity index (χ2v) is 5.16. The lowest BCUT2D eigenvalue weighted by Gasteiger charge is -2.13. The lowest BCUT2D eigenvalue weighted by Crippen LogP contribution is -2.19. The maximum absolute atomic E-state index is 4.40. The van der Waals surface area contributed by atoms with E-state index in [9.17, 15) is 0 Å². The summed E-state index contributed by atoms with van der Waals surface area (Å²) in [5.74, 6) is 0. The molecule has 3 heteroatoms. The van der Waals surface area contributed by atoms with Crippen LogP contribution in [-0.4, -0.2) is 9.78 Å². The van der Waals surface area contributed by atoms with Crippen LogP contribution in [0.2, 0.25) is 0 Å². The SMILES string of the molecule is Cc1ccc2c(c1)C(NCc1ccn(C)n1)CC2. The van der Waals surface area contributed by atoms with E-state index in [1.54, 1.807) is 0 Å². The smallest absolute Gasteiger partial charge is 0.0762 e. The Balaban J connectivity index is 1.71. The van der Waals surface area contributed by atoms with Gasteiger partial charge in [-0.15, -0.1) is 0 Å². The quantitative estimate of drug-likeness (QED) is 0.894. The van der Waals surface area contributed by atoms with Crippen molar-refractivity contribution in [1.29, 1.82) is 0 Å². The van der Waals surface area contributed by atoms with Gasteiger partial charge < -0.3 is 5.32 Å². The molecule has 0 saturated heterocycles. The highest BCUT2D eigenvalue weighted by Crippen LogP contribution is 2.31. The number of aryl methyl sites for hydroxylation is 3. The molecule has 0 bridgehead atoms. The van der Waals surface area contributed by atoms with E-state index in [0.29, 0.717) is 6.04 Å². The van der Waals surface area contributed by atoms with Crippen LogP contribution in [-0.2, 0) is 20.0 Å². The van der Waals surface area contributed by atoms with E-state index in [4.69, 9.17) is 0 Å². The second kappa shape index (κ2) is 4.58. The Morgan fingerprint density at radius 2 is 2.28 bits per heavy atom. The molecule has 1 aromatic heterocycles. The second-order valence-electron chi connectivity index (χ2n) is 5.16. The molecule has 1 aromatic carbocycles. The van der Waals surface area contributed by atoms with Gasteiger partial charge in [-0.25, -0.2) is 0 Å². The molecule has 0 amide bonds. The fourth-order valence-electron chi connectivity index (χ4n) is 2.72. The van der Waals surface area contributed by atoms with E-state index in [1.807, 2.05) is 17.9 Å². The van der Waals surface area contributed by atoms with E-state index < -0.39 is 0 Å². The van der Waals surface area contributed by atoms with Crippen molar-refractivity contribution in [1.82, 2.24) is 15.1 Å². The highest BCUT2D eigenvalue weighted by atomic mass is 15.3. The summed E-state index contributed by atoms with van der Waals surface area (Å²) in [5, 5.41) is 8.02. The van der Waals surface area contributed by atoms with Crippen LogP contribution in [0.15, 0.2) is 30.5 Å². The lowest BCUT2D eigenvalue weighted by molar-refractivity contribution is 0.521. The van der Waals surface area contributed by atoms with E-state index in [-0.39, 0.29) is 0 Å². The van der Waals surface area contributed by atoms with E-state index in [0.717, 1.165) is 12.2 Å². The molecule has 3 nitrogen and oxygen atoms in total. The van der Waals surface area contributed by atoms with Crippen molar-refractivity contribution >= 4 is 0 Å². The molecular formula is C15H19N3. The number of rotatable bonds is 3. The van der Waals surface area contributed by atoms with E-state index >= 15 is 0 Å². The number of fused-ring (bicyclic) bond motifs is 1. The zero-order chi connectivity index (χ0) is 12.5. The van der Waals surface area contributed by atoms with Crippen molar-refractivity contribution < 1.29 is 0 Å². The Hall–Kier alpha value is -1.61. The zero-order valence-electron chi connectivity index (χ0n) is 11.0. The third-order valence-electron chi connectivity index (χ3n) is 3.68. The van der Waals surface area contributed by atoms with E-state index in [1.165, 1.54) is 29.5 Å². The largest absolute Gasteiger partial charge is 0.304 e. The standard InChI is InChI=1S/C15H19N3/c1-11-3-4-12-5-6-15(14(12)9-11)16-10-13-7-8-18(2)17-13/h3-4,7-9,15-16H,5-6,10H2,1-2H3. The van der Waals surface area contributed by atoms with Crippen molar-refractivity contribution in [2.45, 2.75) is 32.4 Å². The molecule has 2 aromatic rings. The fraction of sp³-hybridized carbons (Fsp3) is 0.400. The minimum atomic E-state index is 0.488. The summed E-state index contributed by atoms with van der Waals surface area (Å²) in [4.78, 5) is 0. The van der Waals surface area contributed by atoms with Gasteiger partial charge >= 0.3 is 0 Å². The zero-order valence-corrected chi connectivity index (χ0v) is 11.0. The number of hydrogen-bond donors (Lipinski definition) is 1. The van der Waals surface area contributed by atoms with Crippen LogP contribution in [0.1, 0.15) is 34.8 Å². The maximum atomic E-state index is 4.40. The third kappa shape index (κ3) is 2.18. The molecule has 0 spiro atoms. The van der Waals surface area contributed by atoms with Crippen molar-refractivity contribution in [3.8, 4) is 0 Å². The average Bonchev–Trinajstić information content (AvgIpc) is 2.93. The first-order valence-electron chi connectivity index (χ1n) is 6.54. The topological polar surface area (TPSA) is 29.9 Å². The molecule has 94 valence electrons. The normalized spacial score (nSPS) is 18.0. The molecule has 0 aliphatic heterocycles. The number of nitrogens with one attached hydrogen (secondary N) is 1. The Bertz CT molecular complexity index is 557. The maximum Gasteiger partial charge on any atom is 0.0762 e. The van der Waals surface area contributed by atoms with Crippen molar-refractivity contribution in [2.75, 3.05) is 0 Å². The Morgan fingerprint density at radius 3 is 3.06 bits per heavy atom. The highest BCUT2D eigenvalue weighted by molar-refractivity contribution is 5.37. The summed E-state index contributed by atoms with van der Waals surface area (Å²) >= 11 is 0. The summed E-state index contributed by atoms with van der Waals surface area (Å²) < 4.78 is 1.85. The molecule has 0 fully saturated rings. The Morgan fingerprint density at radius 1 is 1.39 bits per heavy atom. The van der Waals surface area contributed by atoms with Crippen LogP contribution in [0.4, 0.5) is 0 Å². The van der Waals surface area contributed by atoms with Gasteiger partial charge in [0.1, 0.15) is 0 Å². The van der Waals surface area contributed by atoms with Gasteiger partial charge in [0.2, 0.25) is 0 Å². The number of benzene rings is 1. The van der Waals surface area contributed by atoms with Crippen LogP contribution >= 0.6 is 0 Å². The highest BCUT2D eigenvalue weighted by Gasteiger charge is 2.21. The first kappa shape index (κ1) is 11.5. The summed E-state index contributed by atoms with van der Waals surface area (Å²) in [5.41, 5.74) is 5.43. The van der Waals surface area contributed by atoms with Crippen LogP contribution in [0.5, 0.6) is 0 Å². The first-order valence-corrected chi connectivity index (χ1v) is 6.54. The molecule has 0 radical (unpaired) electrons. The average molecular weight is 241 g/mol. The fourth-order valence-corrected chi connectivity index (χ4v) is 2.72. The van der Waals surface area contributed by atoms with Gasteiger partial charge in [0, 0.05) is 25.8 Å². The molecule has 18 heavy (non-hydrogen) atoms. The van der Waals surface area contributed by atoms with Gasteiger partial charge in [-0.1, -0.05) is 23.8 Å². The van der Waals surface area contributed by atoms with Gasteiger partial charge in [0.05, 0.1) is 5.69 Å². The van der Waals surface area contributed by atoms with Crippen LogP contribution in [0.25, 0.3) is 0 Å².